The molecule has 0 bridgehead atoms. The van der Waals surface area contributed by atoms with Crippen molar-refractivity contribution in [1.82, 2.24) is 0 Å². The Morgan fingerprint density at radius 3 is 1.11 bits per heavy atom. The molecule has 0 unspecified atom stereocenters. The molecule has 0 fully saturated rings. The second kappa shape index (κ2) is 9.51. The number of rotatable bonds is 11. The molecule has 0 N–H and O–H groups in total. The Labute approximate surface area is 123 Å². The van der Waals surface area contributed by atoms with Crippen molar-refractivity contribution in [3.05, 3.63) is 0 Å². The molecule has 2 nitrogen and oxygen atoms in total. The first-order valence-corrected chi connectivity index (χ1v) is 9.85. The topological polar surface area (TPSA) is 0 Å². The van der Waals surface area contributed by atoms with Crippen LogP contribution in [0.25, 0.3) is 0 Å². The Kier molecular flexibility index (Phi) is 9.84. The maximum Gasteiger partial charge on any atom is 0.0884 e. The summed E-state index contributed by atoms with van der Waals surface area (Å²) in [5.74, 6) is 2.57. The summed E-state index contributed by atoms with van der Waals surface area (Å²) < 4.78 is 2.43. The first-order valence-electron chi connectivity index (χ1n) is 7.36. The number of hydrogen-bond donors (Lipinski definition) is 0. The quantitative estimate of drug-likeness (QED) is 0.326. The van der Waals surface area contributed by atoms with Gasteiger partial charge in [-0.05, 0) is 27.7 Å². The van der Waals surface area contributed by atoms with Crippen LogP contribution in [0.4, 0.5) is 0 Å². The monoisotopic (exact) mass is 294 g/mol. The summed E-state index contributed by atoms with van der Waals surface area (Å²) in [6.45, 7) is 16.8. The SMILES string of the molecule is CC[N+](C)(CC)CCSSCC[N+](C)(CC)CC. The van der Waals surface area contributed by atoms with Crippen molar-refractivity contribution < 1.29 is 8.97 Å². The zero-order valence-electron chi connectivity index (χ0n) is 13.4. The van der Waals surface area contributed by atoms with Crippen LogP contribution in [-0.2, 0) is 0 Å². The minimum absolute atomic E-state index is 1.21. The van der Waals surface area contributed by atoms with Gasteiger partial charge in [0.15, 0.2) is 0 Å². The molecule has 0 radical (unpaired) electrons. The molecule has 0 aromatic carbocycles. The van der Waals surface area contributed by atoms with Crippen molar-refractivity contribution in [3.63, 3.8) is 0 Å². The Morgan fingerprint density at radius 1 is 0.611 bits per heavy atom. The second-order valence-electron chi connectivity index (χ2n) is 5.60. The summed E-state index contributed by atoms with van der Waals surface area (Å²) in [6, 6.07) is 0. The highest BCUT2D eigenvalue weighted by molar-refractivity contribution is 8.76. The van der Waals surface area contributed by atoms with Gasteiger partial charge in [-0.25, -0.2) is 0 Å². The predicted molar refractivity (Wildman–Crippen MR) is 89.2 cm³/mol. The van der Waals surface area contributed by atoms with Gasteiger partial charge in [0.25, 0.3) is 0 Å². The molecule has 110 valence electrons. The van der Waals surface area contributed by atoms with Crippen LogP contribution in [0, 0.1) is 0 Å². The third kappa shape index (κ3) is 7.27. The van der Waals surface area contributed by atoms with Crippen molar-refractivity contribution >= 4 is 21.6 Å². The third-order valence-corrected chi connectivity index (χ3v) is 6.93. The van der Waals surface area contributed by atoms with E-state index in [2.05, 4.69) is 63.4 Å². The van der Waals surface area contributed by atoms with E-state index in [0.29, 0.717) is 0 Å². The molecule has 0 rings (SSSR count). The van der Waals surface area contributed by atoms with Gasteiger partial charge in [-0.2, -0.15) is 0 Å². The van der Waals surface area contributed by atoms with Crippen LogP contribution < -0.4 is 0 Å². The molecule has 0 atom stereocenters. The molecular weight excluding hydrogens is 260 g/mol. The van der Waals surface area contributed by atoms with Crippen molar-refractivity contribution in [3.8, 4) is 0 Å². The lowest BCUT2D eigenvalue weighted by Gasteiger charge is -2.32. The molecule has 0 aliphatic heterocycles. The lowest BCUT2D eigenvalue weighted by Crippen LogP contribution is -2.45. The minimum atomic E-state index is 1.21. The fourth-order valence-electron chi connectivity index (χ4n) is 1.71. The first kappa shape index (κ1) is 18.6. The van der Waals surface area contributed by atoms with Crippen molar-refractivity contribution in [2.45, 2.75) is 27.7 Å². The summed E-state index contributed by atoms with van der Waals surface area (Å²) in [6.07, 6.45) is 0. The van der Waals surface area contributed by atoms with E-state index in [1.54, 1.807) is 0 Å². The third-order valence-electron chi connectivity index (χ3n) is 4.57. The lowest BCUT2D eigenvalue weighted by molar-refractivity contribution is -0.903. The standard InChI is InChI=1S/C14H34N2S2/c1-7-15(5,8-2)11-13-17-18-14-12-16(6,9-3)10-4/h7-14H2,1-6H3/q+2. The van der Waals surface area contributed by atoms with Crippen LogP contribution in [-0.4, -0.2) is 73.8 Å². The molecule has 0 aromatic rings. The van der Waals surface area contributed by atoms with E-state index in [1.807, 2.05) is 0 Å². The van der Waals surface area contributed by atoms with E-state index in [-0.39, 0.29) is 0 Å². The summed E-state index contributed by atoms with van der Waals surface area (Å²) in [5.41, 5.74) is 0. The maximum absolute atomic E-state index is 2.37. The summed E-state index contributed by atoms with van der Waals surface area (Å²) in [7, 11) is 8.86. The average Bonchev–Trinajstić information content (AvgIpc) is 2.42. The zero-order valence-corrected chi connectivity index (χ0v) is 15.0. The summed E-state index contributed by atoms with van der Waals surface area (Å²) >= 11 is 0. The van der Waals surface area contributed by atoms with Gasteiger partial charge < -0.3 is 8.97 Å². The van der Waals surface area contributed by atoms with Crippen LogP contribution in [0.15, 0.2) is 0 Å². The Balaban J connectivity index is 3.63. The van der Waals surface area contributed by atoms with Gasteiger partial charge in [-0.15, -0.1) is 0 Å². The minimum Gasteiger partial charge on any atom is -0.326 e. The van der Waals surface area contributed by atoms with Crippen LogP contribution in [0.3, 0.4) is 0 Å². The van der Waals surface area contributed by atoms with E-state index in [0.717, 1.165) is 0 Å². The lowest BCUT2D eigenvalue weighted by atomic mass is 10.4. The Hall–Kier alpha value is 0.620. The van der Waals surface area contributed by atoms with Crippen LogP contribution in [0.1, 0.15) is 27.7 Å². The van der Waals surface area contributed by atoms with Gasteiger partial charge in [0, 0.05) is 0 Å². The maximum atomic E-state index is 2.37. The van der Waals surface area contributed by atoms with E-state index in [1.165, 1.54) is 59.7 Å². The number of quaternary nitrogens is 2. The van der Waals surface area contributed by atoms with Crippen molar-refractivity contribution in [2.75, 3.05) is 64.9 Å². The Morgan fingerprint density at radius 2 is 0.889 bits per heavy atom. The molecule has 0 saturated carbocycles. The summed E-state index contributed by atoms with van der Waals surface area (Å²) in [4.78, 5) is 0. The van der Waals surface area contributed by atoms with Gasteiger partial charge in [-0.1, -0.05) is 21.6 Å². The zero-order chi connectivity index (χ0) is 14.1. The largest absolute Gasteiger partial charge is 0.326 e. The van der Waals surface area contributed by atoms with Crippen LogP contribution >= 0.6 is 21.6 Å². The number of nitrogens with zero attached hydrogens (tertiary/aromatic N) is 2. The summed E-state index contributed by atoms with van der Waals surface area (Å²) in [5, 5.41) is 0. The van der Waals surface area contributed by atoms with Gasteiger partial charge >= 0.3 is 0 Å². The highest BCUT2D eigenvalue weighted by Gasteiger charge is 2.17. The molecule has 0 aliphatic rings. The molecule has 0 aromatic heterocycles. The van der Waals surface area contributed by atoms with E-state index in [9.17, 15) is 0 Å². The molecule has 0 amide bonds. The fraction of sp³-hybridized carbons (Fsp3) is 1.00. The molecule has 0 aliphatic carbocycles. The fourth-order valence-corrected chi connectivity index (χ4v) is 4.13. The molecule has 18 heavy (non-hydrogen) atoms. The molecule has 0 heterocycles. The first-order chi connectivity index (χ1) is 8.45. The number of hydrogen-bond acceptors (Lipinski definition) is 2. The smallest absolute Gasteiger partial charge is 0.0884 e. The van der Waals surface area contributed by atoms with Crippen molar-refractivity contribution in [1.29, 1.82) is 0 Å². The van der Waals surface area contributed by atoms with Crippen LogP contribution in [0.5, 0.6) is 0 Å². The second-order valence-corrected chi connectivity index (χ2v) is 8.30. The molecule has 0 spiro atoms. The van der Waals surface area contributed by atoms with E-state index >= 15 is 0 Å². The van der Waals surface area contributed by atoms with Crippen molar-refractivity contribution in [2.24, 2.45) is 0 Å². The van der Waals surface area contributed by atoms with E-state index < -0.39 is 0 Å². The van der Waals surface area contributed by atoms with Crippen LogP contribution in [0.2, 0.25) is 0 Å². The molecule has 0 saturated heterocycles. The predicted octanol–water partition coefficient (Wildman–Crippen LogP) is 3.34. The molecular formula is C14H34N2S2+2. The average molecular weight is 295 g/mol. The van der Waals surface area contributed by atoms with Gasteiger partial charge in [0.1, 0.15) is 0 Å². The Bertz CT molecular complexity index is 180. The molecule has 4 heteroatoms. The highest BCUT2D eigenvalue weighted by Crippen LogP contribution is 2.22. The normalized spacial score (nSPS) is 13.0. The highest BCUT2D eigenvalue weighted by atomic mass is 33.1. The van der Waals surface area contributed by atoms with Gasteiger partial charge in [-0.3, -0.25) is 0 Å². The van der Waals surface area contributed by atoms with E-state index in [4.69, 9.17) is 0 Å². The van der Waals surface area contributed by atoms with Gasteiger partial charge in [0.2, 0.25) is 0 Å². The van der Waals surface area contributed by atoms with Gasteiger partial charge in [0.05, 0.1) is 64.9 Å².